The Hall–Kier alpha value is -6.57. The smallest absolute Gasteiger partial charge is 0.490 e. The number of hydrogen-bond acceptors (Lipinski definition) is 9. The summed E-state index contributed by atoms with van der Waals surface area (Å²) in [6.45, 7) is 28.4. The Kier molecular flexibility index (Phi) is 42.9. The van der Waals surface area contributed by atoms with Crippen molar-refractivity contribution in [2.45, 2.75) is 326 Å². The number of unbranched alkanes of at least 4 members (excludes halogenated alkanes) is 30. The number of carbonyl (C=O) groups excluding carboxylic acids is 1. The predicted octanol–water partition coefficient (Wildman–Crippen LogP) is 24.0. The van der Waals surface area contributed by atoms with E-state index in [1.54, 1.807) is 0 Å². The van der Waals surface area contributed by atoms with Gasteiger partial charge in [-0.25, -0.2) is 9.03 Å². The molecule has 0 atom stereocenters. The topological polar surface area (TPSA) is 109 Å². The summed E-state index contributed by atoms with van der Waals surface area (Å²) in [6, 6.07) is 19.8. The van der Waals surface area contributed by atoms with Gasteiger partial charge in [-0.2, -0.15) is 0 Å². The molecule has 3 aliphatic rings. The van der Waals surface area contributed by atoms with Gasteiger partial charge in [-0.15, -0.1) is 0 Å². The van der Waals surface area contributed by atoms with E-state index in [0.29, 0.717) is 101 Å². The van der Waals surface area contributed by atoms with Crippen LogP contribution in [0.3, 0.4) is 0 Å². The second kappa shape index (κ2) is 52.5. The van der Waals surface area contributed by atoms with Crippen molar-refractivity contribution in [3.8, 4) is 62.8 Å². The number of hydrogen-bond donors (Lipinski definition) is 0. The van der Waals surface area contributed by atoms with Crippen LogP contribution in [0.15, 0.2) is 95.6 Å². The largest absolute Gasteiger partial charge is 0.605 e. The zero-order valence-electron chi connectivity index (χ0n) is 68.3. The first kappa shape index (κ1) is 86.7. The summed E-state index contributed by atoms with van der Waals surface area (Å²) in [7, 11) is 4.47. The molecule has 4 aromatic rings. The van der Waals surface area contributed by atoms with E-state index in [9.17, 15) is 0 Å². The van der Waals surface area contributed by atoms with E-state index in [1.807, 2.05) is 0 Å². The van der Waals surface area contributed by atoms with E-state index in [0.717, 1.165) is 274 Å². The van der Waals surface area contributed by atoms with Crippen LogP contribution in [0.4, 0.5) is 0 Å². The Bertz CT molecular complexity index is 3280. The molecule has 0 spiro atoms. The number of benzene rings is 3. The number of nitrogens with zero attached hydrogens (tertiary/aromatic N) is 4. The highest BCUT2D eigenvalue weighted by Gasteiger charge is 2.42. The molecule has 1 aromatic heterocycles. The molecular formula is C90H142B2N4O10+2. The Morgan fingerprint density at radius 2 is 0.670 bits per heavy atom. The van der Waals surface area contributed by atoms with E-state index in [1.165, 1.54) is 51.4 Å². The molecule has 7 rings (SSSR count). The lowest BCUT2D eigenvalue weighted by Crippen LogP contribution is -2.62. The predicted molar refractivity (Wildman–Crippen MR) is 438 cm³/mol. The lowest BCUT2D eigenvalue weighted by atomic mass is 9.99. The highest BCUT2D eigenvalue weighted by Crippen LogP contribution is 2.44. The van der Waals surface area contributed by atoms with Gasteiger partial charge in [0.1, 0.15) is 0 Å². The van der Waals surface area contributed by atoms with Crippen molar-refractivity contribution in [2.24, 2.45) is 0 Å². The molecule has 14 nitrogen and oxygen atoms in total. The van der Waals surface area contributed by atoms with Crippen LogP contribution >= 0.6 is 0 Å². The van der Waals surface area contributed by atoms with Gasteiger partial charge in [0.25, 0.3) is 6.61 Å². The average Bonchev–Trinajstić information content (AvgIpc) is 1.57. The molecule has 0 bridgehead atoms. The second-order valence-corrected chi connectivity index (χ2v) is 29.5. The third-order valence-corrected chi connectivity index (χ3v) is 20.1. The molecule has 16 heteroatoms. The van der Waals surface area contributed by atoms with Gasteiger partial charge in [0.2, 0.25) is 28.7 Å². The summed E-state index contributed by atoms with van der Waals surface area (Å²) in [5.41, 5.74) is 7.57. The minimum atomic E-state index is 0.567. The fourth-order valence-corrected chi connectivity index (χ4v) is 13.6. The van der Waals surface area contributed by atoms with Crippen molar-refractivity contribution in [2.75, 3.05) is 66.1 Å². The van der Waals surface area contributed by atoms with Gasteiger partial charge in [-0.1, -0.05) is 255 Å². The van der Waals surface area contributed by atoms with E-state index in [4.69, 9.17) is 47.1 Å². The maximum Gasteiger partial charge on any atom is 0.605 e. The van der Waals surface area contributed by atoms with Gasteiger partial charge in [-0.3, -0.25) is 4.61 Å². The van der Waals surface area contributed by atoms with Crippen LogP contribution in [0.1, 0.15) is 332 Å². The highest BCUT2D eigenvalue weighted by atomic mass is 16.5. The Morgan fingerprint density at radius 1 is 0.321 bits per heavy atom. The normalized spacial score (nSPS) is 13.4. The van der Waals surface area contributed by atoms with Crippen molar-refractivity contribution in [3.63, 3.8) is 0 Å². The SMILES string of the molecule is CCCCCCOC1=CC(=C2C=C(c3ccc(OCCCCCC)c(OCCCCCC)c3)[N+]3=[N+]2[B-]n2c(-c4ccc(OCCCCCC)c(OCCCCCC)c4)cc(-c4cc(OCCCCCC)c(OCCCCCC)c(OCCCCCC)c4)[n+]2[B-]3)C=C(OCCCCCC)C1=[O+]CCCCCC. The molecule has 0 saturated heterocycles. The molecule has 4 radical (unpaired) electrons. The Morgan fingerprint density at radius 3 is 1.08 bits per heavy atom. The van der Waals surface area contributed by atoms with E-state index < -0.39 is 0 Å². The Labute approximate surface area is 644 Å². The summed E-state index contributed by atoms with van der Waals surface area (Å²) < 4.78 is 78.0. The number of ketones is 1. The summed E-state index contributed by atoms with van der Waals surface area (Å²) in [5, 5.41) is 0. The summed E-state index contributed by atoms with van der Waals surface area (Å²) in [4.78, 5) is 0. The maximum absolute atomic E-state index is 7.00. The fraction of sp³-hybridized carbons (Fsp3) is 0.667. The van der Waals surface area contributed by atoms with Crippen LogP contribution in [0.2, 0.25) is 0 Å². The Balaban J connectivity index is 1.54. The van der Waals surface area contributed by atoms with Crippen LogP contribution in [-0.4, -0.2) is 101 Å². The number of rotatable bonds is 62. The maximum atomic E-state index is 7.00. The lowest BCUT2D eigenvalue weighted by Gasteiger charge is -2.25. The zero-order chi connectivity index (χ0) is 75.0. The van der Waals surface area contributed by atoms with Gasteiger partial charge < -0.3 is 51.8 Å². The van der Waals surface area contributed by atoms with Gasteiger partial charge >= 0.3 is 20.9 Å². The number of fused-ring (bicyclic) bond motifs is 1. The quantitative estimate of drug-likeness (QED) is 0.0242. The van der Waals surface area contributed by atoms with Crippen LogP contribution in [0.5, 0.6) is 40.2 Å². The number of aromatic nitrogens is 2. The first-order valence-electron chi connectivity index (χ1n) is 43.3. The number of ether oxygens (including phenoxy) is 9. The molecule has 0 amide bonds. The van der Waals surface area contributed by atoms with Crippen molar-refractivity contribution >= 4 is 26.6 Å². The lowest BCUT2D eigenvalue weighted by molar-refractivity contribution is -0.877. The van der Waals surface area contributed by atoms with Crippen LogP contribution in [0, 0.1) is 0 Å². The van der Waals surface area contributed by atoms with Gasteiger partial charge in [0.15, 0.2) is 40.2 Å². The van der Waals surface area contributed by atoms with Crippen molar-refractivity contribution < 1.29 is 60.9 Å². The summed E-state index contributed by atoms with van der Waals surface area (Å²) in [6.07, 6.45) is 50.5. The molecule has 2 aliphatic heterocycles. The first-order chi connectivity index (χ1) is 52.3. The summed E-state index contributed by atoms with van der Waals surface area (Å²) >= 11 is 0. The van der Waals surface area contributed by atoms with Gasteiger partial charge in [0, 0.05) is 30.2 Å². The number of allylic oxidation sites excluding steroid dienone is 4. The third-order valence-electron chi connectivity index (χ3n) is 20.1. The highest BCUT2D eigenvalue weighted by molar-refractivity contribution is 6.27. The zero-order valence-corrected chi connectivity index (χ0v) is 68.3. The van der Waals surface area contributed by atoms with Gasteiger partial charge in [-0.05, 0) is 113 Å². The molecule has 0 N–H and O–H groups in total. The molecule has 106 heavy (non-hydrogen) atoms. The molecular weight excluding hydrogens is 1320 g/mol. The van der Waals surface area contributed by atoms with Crippen molar-refractivity contribution in [3.05, 3.63) is 101 Å². The minimum absolute atomic E-state index is 0.567. The molecule has 1 aliphatic carbocycles. The number of azo groups is 1. The van der Waals surface area contributed by atoms with Crippen molar-refractivity contribution in [1.29, 1.82) is 0 Å². The molecule has 0 unspecified atom stereocenters. The van der Waals surface area contributed by atoms with E-state index in [-0.39, 0.29) is 0 Å². The minimum Gasteiger partial charge on any atom is -0.490 e. The van der Waals surface area contributed by atoms with E-state index in [2.05, 4.69) is 176 Å². The van der Waals surface area contributed by atoms with E-state index >= 15 is 0 Å². The van der Waals surface area contributed by atoms with Crippen LogP contribution in [-0.2, 0) is 13.9 Å². The third kappa shape index (κ3) is 28.8. The standard InChI is InChI=1S/C90H142B2N4O10/c1-11-21-31-41-55-97-81-53-51-73(65-83(81)99-57-43-33-23-13-3)77-71-79(75-67-85(101-59-45-35-25-15-5)89(105-63-49-39-29-19-9)86(68-75)102-60-46-36-26-16-6)95-92-94-78(74-52-54-82(98-56-42-32-22-12-2)84(66-74)100-58-44-34-24-14-4)72-80(96(94)91-93(77)95)76-69-87(103-61-47-37-27-17-7)90(106-64-50-40-30-20-10)88(70-76)104-62-48-38-28-18-8/h51-54,65-72H,11-50,55-64H2,1-10H3/q+2. The summed E-state index contributed by atoms with van der Waals surface area (Å²) in [5.74, 6) is 7.18. The molecule has 0 fully saturated rings. The average molecular weight is 1460 g/mol. The molecule has 3 aromatic carbocycles. The molecule has 0 saturated carbocycles. The van der Waals surface area contributed by atoms with Gasteiger partial charge in [0.05, 0.1) is 87.9 Å². The first-order valence-corrected chi connectivity index (χ1v) is 43.3. The van der Waals surface area contributed by atoms with Crippen molar-refractivity contribution in [1.82, 2.24) is 4.59 Å². The molecule has 3 heterocycles. The molecule has 586 valence electrons. The fourth-order valence-electron chi connectivity index (χ4n) is 13.6. The monoisotopic (exact) mass is 1460 g/mol. The van der Waals surface area contributed by atoms with Crippen LogP contribution < -0.4 is 37.8 Å². The van der Waals surface area contributed by atoms with Crippen LogP contribution in [0.25, 0.3) is 28.2 Å². The second-order valence-electron chi connectivity index (χ2n) is 29.5.